The standard InChI is InChI=1S/C21H26N4O.3ClH/c1-26-21-10-5-4-9-20(21)24-15-13-23(14-16-24)11-6-12-25-19-8-3-2-7-18(19)17-22-25;;;/h2-5,7-10,17H,6,11-16H2,1H3;3*1H. The third-order valence-electron chi connectivity index (χ3n) is 5.19. The van der Waals surface area contributed by atoms with E-state index >= 15 is 0 Å². The number of aromatic nitrogens is 2. The third-order valence-corrected chi connectivity index (χ3v) is 5.19. The smallest absolute Gasteiger partial charge is 0.142 e. The van der Waals surface area contributed by atoms with Crippen LogP contribution >= 0.6 is 37.2 Å². The highest BCUT2D eigenvalue weighted by atomic mass is 35.5. The fourth-order valence-corrected chi connectivity index (χ4v) is 3.75. The highest BCUT2D eigenvalue weighted by Gasteiger charge is 2.19. The van der Waals surface area contributed by atoms with E-state index in [1.807, 2.05) is 18.3 Å². The van der Waals surface area contributed by atoms with Crippen molar-refractivity contribution in [2.45, 2.75) is 13.0 Å². The third kappa shape index (κ3) is 5.92. The minimum Gasteiger partial charge on any atom is -0.495 e. The molecule has 5 nitrogen and oxygen atoms in total. The number of anilines is 1. The normalized spacial score (nSPS) is 13.9. The van der Waals surface area contributed by atoms with Crippen molar-refractivity contribution in [3.05, 3.63) is 54.7 Å². The van der Waals surface area contributed by atoms with Gasteiger partial charge < -0.3 is 9.64 Å². The predicted molar refractivity (Wildman–Crippen MR) is 128 cm³/mol. The number of benzene rings is 2. The van der Waals surface area contributed by atoms with Crippen LogP contribution in [-0.2, 0) is 6.54 Å². The van der Waals surface area contributed by atoms with Crippen molar-refractivity contribution < 1.29 is 4.74 Å². The first-order valence-electron chi connectivity index (χ1n) is 9.36. The molecule has 0 spiro atoms. The molecule has 8 heteroatoms. The average Bonchev–Trinajstić information content (AvgIpc) is 3.12. The van der Waals surface area contributed by atoms with Gasteiger partial charge in [-0.05, 0) is 24.6 Å². The second-order valence-electron chi connectivity index (χ2n) is 6.78. The number of fused-ring (bicyclic) bond motifs is 1. The van der Waals surface area contributed by atoms with Crippen molar-refractivity contribution in [1.29, 1.82) is 0 Å². The van der Waals surface area contributed by atoms with E-state index in [1.165, 1.54) is 16.6 Å². The molecule has 0 bridgehead atoms. The minimum absolute atomic E-state index is 0. The van der Waals surface area contributed by atoms with E-state index in [1.54, 1.807) is 7.11 Å². The molecule has 0 saturated carbocycles. The number of piperazine rings is 1. The van der Waals surface area contributed by atoms with Crippen molar-refractivity contribution in [1.82, 2.24) is 14.7 Å². The Labute approximate surface area is 191 Å². The number of aryl methyl sites for hydroxylation is 1. The first-order chi connectivity index (χ1) is 12.8. The molecule has 3 aromatic rings. The number of rotatable bonds is 6. The van der Waals surface area contributed by atoms with Crippen LogP contribution in [0.2, 0.25) is 0 Å². The maximum Gasteiger partial charge on any atom is 0.142 e. The molecular weight excluding hydrogens is 431 g/mol. The Balaban J connectivity index is 0.00000140. The lowest BCUT2D eigenvalue weighted by Gasteiger charge is -2.36. The molecule has 1 aromatic heterocycles. The Bertz CT molecular complexity index is 866. The Kier molecular flexibility index (Phi) is 10.6. The van der Waals surface area contributed by atoms with Gasteiger partial charge in [0.1, 0.15) is 5.75 Å². The van der Waals surface area contributed by atoms with Gasteiger partial charge in [-0.25, -0.2) is 0 Å². The fourth-order valence-electron chi connectivity index (χ4n) is 3.75. The summed E-state index contributed by atoms with van der Waals surface area (Å²) in [7, 11) is 1.74. The van der Waals surface area contributed by atoms with Gasteiger partial charge in [-0.1, -0.05) is 30.3 Å². The fraction of sp³-hybridized carbons (Fsp3) is 0.381. The molecule has 1 saturated heterocycles. The first-order valence-corrected chi connectivity index (χ1v) is 9.36. The number of nitrogens with zero attached hydrogens (tertiary/aromatic N) is 4. The van der Waals surface area contributed by atoms with Gasteiger partial charge in [-0.2, -0.15) is 5.10 Å². The van der Waals surface area contributed by atoms with Crippen LogP contribution < -0.4 is 9.64 Å². The summed E-state index contributed by atoms with van der Waals surface area (Å²) in [6.45, 7) is 6.38. The highest BCUT2D eigenvalue weighted by Crippen LogP contribution is 2.28. The Hall–Kier alpha value is -1.66. The molecule has 0 unspecified atom stereocenters. The van der Waals surface area contributed by atoms with Gasteiger partial charge in [-0.3, -0.25) is 9.58 Å². The molecule has 4 rings (SSSR count). The Morgan fingerprint density at radius 1 is 0.862 bits per heavy atom. The van der Waals surface area contributed by atoms with Crippen molar-refractivity contribution in [2.24, 2.45) is 0 Å². The zero-order chi connectivity index (χ0) is 17.8. The lowest BCUT2D eigenvalue weighted by atomic mass is 10.2. The van der Waals surface area contributed by atoms with Gasteiger partial charge in [-0.15, -0.1) is 37.2 Å². The Morgan fingerprint density at radius 2 is 1.55 bits per heavy atom. The molecule has 2 heterocycles. The largest absolute Gasteiger partial charge is 0.495 e. The van der Waals surface area contributed by atoms with E-state index in [0.29, 0.717) is 0 Å². The summed E-state index contributed by atoms with van der Waals surface area (Å²) in [6, 6.07) is 16.7. The molecule has 0 N–H and O–H groups in total. The molecule has 1 aliphatic heterocycles. The average molecular weight is 460 g/mol. The minimum atomic E-state index is 0. The lowest BCUT2D eigenvalue weighted by molar-refractivity contribution is 0.249. The molecule has 29 heavy (non-hydrogen) atoms. The number of methoxy groups -OCH3 is 1. The number of hydrogen-bond acceptors (Lipinski definition) is 4. The number of halogens is 3. The molecule has 0 radical (unpaired) electrons. The molecule has 1 aliphatic rings. The van der Waals surface area contributed by atoms with E-state index in [2.05, 4.69) is 56.0 Å². The van der Waals surface area contributed by atoms with Crippen LogP contribution in [0.5, 0.6) is 5.75 Å². The molecule has 2 aromatic carbocycles. The van der Waals surface area contributed by atoms with Gasteiger partial charge >= 0.3 is 0 Å². The molecule has 1 fully saturated rings. The summed E-state index contributed by atoms with van der Waals surface area (Å²) in [5, 5.41) is 5.75. The maximum atomic E-state index is 5.50. The van der Waals surface area contributed by atoms with Gasteiger partial charge in [0.15, 0.2) is 0 Å². The summed E-state index contributed by atoms with van der Waals surface area (Å²) in [6.07, 6.45) is 3.09. The van der Waals surface area contributed by atoms with Gasteiger partial charge in [0.05, 0.1) is 24.5 Å². The van der Waals surface area contributed by atoms with Gasteiger partial charge in [0, 0.05) is 44.7 Å². The van der Waals surface area contributed by atoms with E-state index < -0.39 is 0 Å². The van der Waals surface area contributed by atoms with Gasteiger partial charge in [0.25, 0.3) is 0 Å². The zero-order valence-electron chi connectivity index (χ0n) is 16.6. The quantitative estimate of drug-likeness (QED) is 0.542. The van der Waals surface area contributed by atoms with E-state index in [0.717, 1.165) is 51.4 Å². The second kappa shape index (κ2) is 12.1. The van der Waals surface area contributed by atoms with E-state index in [4.69, 9.17) is 4.74 Å². The van der Waals surface area contributed by atoms with E-state index in [9.17, 15) is 0 Å². The van der Waals surface area contributed by atoms with Crippen LogP contribution in [0.4, 0.5) is 5.69 Å². The monoisotopic (exact) mass is 458 g/mol. The number of para-hydroxylation sites is 3. The summed E-state index contributed by atoms with van der Waals surface area (Å²) in [5.41, 5.74) is 2.44. The van der Waals surface area contributed by atoms with Crippen LogP contribution in [0.1, 0.15) is 6.42 Å². The summed E-state index contributed by atoms with van der Waals surface area (Å²) in [5.74, 6) is 0.964. The number of ether oxygens (including phenoxy) is 1. The maximum absolute atomic E-state index is 5.50. The molecule has 160 valence electrons. The van der Waals surface area contributed by atoms with Crippen molar-refractivity contribution in [2.75, 3.05) is 44.7 Å². The van der Waals surface area contributed by atoms with Crippen LogP contribution in [0.15, 0.2) is 54.7 Å². The topological polar surface area (TPSA) is 33.5 Å². The highest BCUT2D eigenvalue weighted by molar-refractivity contribution is 5.86. The second-order valence-corrected chi connectivity index (χ2v) is 6.78. The number of hydrogen-bond donors (Lipinski definition) is 0. The first kappa shape index (κ1) is 25.4. The van der Waals surface area contributed by atoms with Crippen molar-refractivity contribution >= 4 is 53.8 Å². The van der Waals surface area contributed by atoms with Crippen LogP contribution in [0, 0.1) is 0 Å². The van der Waals surface area contributed by atoms with Crippen molar-refractivity contribution in [3.63, 3.8) is 0 Å². The van der Waals surface area contributed by atoms with Crippen LogP contribution in [0.3, 0.4) is 0 Å². The SMILES string of the molecule is COc1ccccc1N1CCN(CCCn2ncc3ccccc32)CC1.Cl.Cl.Cl. The zero-order valence-corrected chi connectivity index (χ0v) is 19.0. The predicted octanol–water partition coefficient (Wildman–Crippen LogP) is 4.52. The van der Waals surface area contributed by atoms with Crippen LogP contribution in [-0.4, -0.2) is 54.5 Å². The molecule has 0 atom stereocenters. The summed E-state index contributed by atoms with van der Waals surface area (Å²) >= 11 is 0. The summed E-state index contributed by atoms with van der Waals surface area (Å²) in [4.78, 5) is 4.98. The van der Waals surface area contributed by atoms with Crippen molar-refractivity contribution in [3.8, 4) is 5.75 Å². The summed E-state index contributed by atoms with van der Waals surface area (Å²) < 4.78 is 7.63. The molecular formula is C21H29Cl3N4O. The lowest BCUT2D eigenvalue weighted by Crippen LogP contribution is -2.46. The van der Waals surface area contributed by atoms with E-state index in [-0.39, 0.29) is 37.2 Å². The Morgan fingerprint density at radius 3 is 2.31 bits per heavy atom. The molecule has 0 amide bonds. The van der Waals surface area contributed by atoms with Crippen LogP contribution in [0.25, 0.3) is 10.9 Å². The van der Waals surface area contributed by atoms with Gasteiger partial charge in [0.2, 0.25) is 0 Å². The molecule has 0 aliphatic carbocycles.